The summed E-state index contributed by atoms with van der Waals surface area (Å²) in [6.07, 6.45) is 1.16. The molecular weight excluding hydrogens is 374 g/mol. The normalized spacial score (nSPS) is 23.1. The third-order valence-corrected chi connectivity index (χ3v) is 5.28. The Labute approximate surface area is 168 Å². The fourth-order valence-electron chi connectivity index (χ4n) is 3.84. The Bertz CT molecular complexity index is 913. The highest BCUT2D eigenvalue weighted by Gasteiger charge is 2.54. The second kappa shape index (κ2) is 7.23. The molecule has 3 amide bonds. The maximum absolute atomic E-state index is 13.3. The zero-order valence-electron chi connectivity index (χ0n) is 16.6. The van der Waals surface area contributed by atoms with Crippen molar-refractivity contribution in [2.75, 3.05) is 20.2 Å². The fourth-order valence-corrected chi connectivity index (χ4v) is 3.84. The first kappa shape index (κ1) is 19.0. The van der Waals surface area contributed by atoms with Gasteiger partial charge in [0.25, 0.3) is 5.91 Å². The Balaban J connectivity index is 1.59. The topological polar surface area (TPSA) is 85.8 Å². The number of hydrogen-bond donors (Lipinski definition) is 0. The summed E-state index contributed by atoms with van der Waals surface area (Å²) in [4.78, 5) is 48.9. The standard InChI is InChI=1S/C20H23N5O4/c1-4-29-15(26)12-23-13(2)10-24-16-17(21-19(23)24)22(3)20(28)25(18(16)27)11-14-8-6-5-7-9-14/h5-10,16-17H,4,11-12H2,1-3H3. The van der Waals surface area contributed by atoms with Crippen molar-refractivity contribution < 1.29 is 19.1 Å². The van der Waals surface area contributed by atoms with Crippen molar-refractivity contribution in [1.82, 2.24) is 19.6 Å². The summed E-state index contributed by atoms with van der Waals surface area (Å²) in [7, 11) is 1.64. The minimum atomic E-state index is -0.654. The van der Waals surface area contributed by atoms with Gasteiger partial charge in [0.15, 0.2) is 12.2 Å². The summed E-state index contributed by atoms with van der Waals surface area (Å²) in [6.45, 7) is 4.09. The maximum atomic E-state index is 13.3. The van der Waals surface area contributed by atoms with Gasteiger partial charge in [0, 0.05) is 18.9 Å². The molecule has 0 saturated carbocycles. The molecule has 2 unspecified atom stereocenters. The molecule has 3 heterocycles. The van der Waals surface area contributed by atoms with E-state index in [4.69, 9.17) is 4.74 Å². The quantitative estimate of drug-likeness (QED) is 0.694. The van der Waals surface area contributed by atoms with Gasteiger partial charge in [-0.3, -0.25) is 14.5 Å². The van der Waals surface area contributed by atoms with E-state index in [0.717, 1.165) is 11.3 Å². The van der Waals surface area contributed by atoms with Gasteiger partial charge in [-0.25, -0.2) is 9.79 Å². The third kappa shape index (κ3) is 3.12. The number of carbonyl (C=O) groups excluding carboxylic acids is 3. The van der Waals surface area contributed by atoms with Crippen LogP contribution >= 0.6 is 0 Å². The summed E-state index contributed by atoms with van der Waals surface area (Å²) < 4.78 is 5.04. The molecule has 0 bridgehead atoms. The third-order valence-electron chi connectivity index (χ3n) is 5.28. The average Bonchev–Trinajstić information content (AvgIpc) is 3.21. The highest BCUT2D eigenvalue weighted by Crippen LogP contribution is 2.34. The molecule has 1 saturated heterocycles. The molecule has 0 aliphatic carbocycles. The smallest absolute Gasteiger partial charge is 0.328 e. The number of guanidine groups is 1. The molecule has 1 aromatic rings. The van der Waals surface area contributed by atoms with E-state index in [1.54, 1.807) is 30.0 Å². The van der Waals surface area contributed by atoms with Gasteiger partial charge < -0.3 is 19.4 Å². The van der Waals surface area contributed by atoms with Gasteiger partial charge in [-0.1, -0.05) is 30.3 Å². The van der Waals surface area contributed by atoms with Gasteiger partial charge in [-0.2, -0.15) is 0 Å². The number of allylic oxidation sites excluding steroid dienone is 1. The molecule has 29 heavy (non-hydrogen) atoms. The van der Waals surface area contributed by atoms with E-state index in [9.17, 15) is 14.4 Å². The van der Waals surface area contributed by atoms with Crippen LogP contribution in [0.2, 0.25) is 0 Å². The van der Waals surface area contributed by atoms with Crippen LogP contribution in [0.4, 0.5) is 4.79 Å². The van der Waals surface area contributed by atoms with Crippen LogP contribution < -0.4 is 0 Å². The van der Waals surface area contributed by atoms with Crippen molar-refractivity contribution in [1.29, 1.82) is 0 Å². The monoisotopic (exact) mass is 397 g/mol. The Morgan fingerprint density at radius 1 is 1.17 bits per heavy atom. The molecule has 0 aromatic heterocycles. The summed E-state index contributed by atoms with van der Waals surface area (Å²) in [5.74, 6) is -0.191. The van der Waals surface area contributed by atoms with Gasteiger partial charge in [0.05, 0.1) is 13.2 Å². The molecule has 3 aliphatic rings. The summed E-state index contributed by atoms with van der Waals surface area (Å²) >= 11 is 0. The molecular formula is C20H23N5O4. The van der Waals surface area contributed by atoms with E-state index < -0.39 is 12.2 Å². The number of hydrogen-bond acceptors (Lipinski definition) is 7. The number of amides is 3. The van der Waals surface area contributed by atoms with Crippen LogP contribution in [-0.2, 0) is 20.9 Å². The van der Waals surface area contributed by atoms with Crippen molar-refractivity contribution in [3.05, 3.63) is 47.8 Å². The molecule has 9 heteroatoms. The number of imide groups is 1. The second-order valence-electron chi connectivity index (χ2n) is 7.16. The molecule has 0 radical (unpaired) electrons. The number of urea groups is 1. The molecule has 1 fully saturated rings. The van der Waals surface area contributed by atoms with Gasteiger partial charge in [0.1, 0.15) is 6.54 Å². The van der Waals surface area contributed by atoms with Crippen molar-refractivity contribution >= 4 is 23.9 Å². The zero-order valence-corrected chi connectivity index (χ0v) is 16.6. The fraction of sp³-hybridized carbons (Fsp3) is 0.400. The summed E-state index contributed by atoms with van der Waals surface area (Å²) in [6, 6.07) is 8.35. The van der Waals surface area contributed by atoms with Crippen LogP contribution in [0.25, 0.3) is 0 Å². The van der Waals surface area contributed by atoms with E-state index >= 15 is 0 Å². The van der Waals surface area contributed by atoms with E-state index in [1.165, 1.54) is 9.80 Å². The van der Waals surface area contributed by atoms with Gasteiger partial charge in [-0.15, -0.1) is 0 Å². The molecule has 2 atom stereocenters. The lowest BCUT2D eigenvalue weighted by Crippen LogP contribution is -2.63. The number of nitrogens with zero attached hydrogens (tertiary/aromatic N) is 5. The van der Waals surface area contributed by atoms with E-state index in [1.807, 2.05) is 37.3 Å². The molecule has 1 aromatic carbocycles. The highest BCUT2D eigenvalue weighted by atomic mass is 16.5. The summed E-state index contributed by atoms with van der Waals surface area (Å²) in [5.41, 5.74) is 1.66. The number of ether oxygens (including phenoxy) is 1. The lowest BCUT2D eigenvalue weighted by Gasteiger charge is -2.40. The van der Waals surface area contributed by atoms with Crippen molar-refractivity contribution in [3.8, 4) is 0 Å². The Hall–Kier alpha value is -3.36. The minimum Gasteiger partial charge on any atom is -0.465 e. The highest BCUT2D eigenvalue weighted by molar-refractivity contribution is 6.05. The van der Waals surface area contributed by atoms with Gasteiger partial charge >= 0.3 is 12.0 Å². The largest absolute Gasteiger partial charge is 0.465 e. The Morgan fingerprint density at radius 3 is 2.59 bits per heavy atom. The van der Waals surface area contributed by atoms with E-state index in [0.29, 0.717) is 12.6 Å². The van der Waals surface area contributed by atoms with Crippen LogP contribution in [0, 0.1) is 0 Å². The van der Waals surface area contributed by atoms with Crippen LogP contribution in [0.15, 0.2) is 47.2 Å². The van der Waals surface area contributed by atoms with E-state index in [2.05, 4.69) is 4.99 Å². The van der Waals surface area contributed by atoms with Crippen LogP contribution in [-0.4, -0.2) is 75.9 Å². The number of esters is 1. The SMILES string of the molecule is CCOC(=O)CN1C(C)=CN2C1=NC1C2C(=O)N(Cc2ccccc2)C(=O)N1C. The molecule has 0 N–H and O–H groups in total. The minimum absolute atomic E-state index is 0.00449. The first-order valence-electron chi connectivity index (χ1n) is 9.52. The van der Waals surface area contributed by atoms with Crippen LogP contribution in [0.3, 0.4) is 0 Å². The number of carbonyl (C=O) groups is 3. The molecule has 3 aliphatic heterocycles. The first-order valence-corrected chi connectivity index (χ1v) is 9.52. The summed E-state index contributed by atoms with van der Waals surface area (Å²) in [5, 5.41) is 0. The second-order valence-corrected chi connectivity index (χ2v) is 7.16. The Kier molecular flexibility index (Phi) is 4.73. The zero-order chi connectivity index (χ0) is 20.7. The van der Waals surface area contributed by atoms with Crippen molar-refractivity contribution in [2.45, 2.75) is 32.6 Å². The predicted octanol–water partition coefficient (Wildman–Crippen LogP) is 1.19. The molecule has 4 rings (SSSR count). The first-order chi connectivity index (χ1) is 13.9. The van der Waals surface area contributed by atoms with Crippen molar-refractivity contribution in [2.24, 2.45) is 4.99 Å². The average molecular weight is 397 g/mol. The lowest BCUT2D eigenvalue weighted by atomic mass is 10.1. The van der Waals surface area contributed by atoms with Crippen LogP contribution in [0.1, 0.15) is 19.4 Å². The number of fused-ring (bicyclic) bond motifs is 3. The lowest BCUT2D eigenvalue weighted by molar-refractivity contribution is -0.143. The molecule has 152 valence electrons. The molecule has 0 spiro atoms. The maximum Gasteiger partial charge on any atom is 0.328 e. The number of benzene rings is 1. The van der Waals surface area contributed by atoms with Crippen molar-refractivity contribution in [3.63, 3.8) is 0 Å². The number of rotatable bonds is 5. The Morgan fingerprint density at radius 2 is 1.90 bits per heavy atom. The number of aliphatic imine (C=N–C) groups is 1. The van der Waals surface area contributed by atoms with Gasteiger partial charge in [0.2, 0.25) is 5.96 Å². The predicted molar refractivity (Wildman–Crippen MR) is 104 cm³/mol. The number of likely N-dealkylation sites (N-methyl/N-ethyl adjacent to an activating group) is 1. The van der Waals surface area contributed by atoms with E-state index in [-0.39, 0.29) is 31.0 Å². The van der Waals surface area contributed by atoms with Gasteiger partial charge in [-0.05, 0) is 19.4 Å². The van der Waals surface area contributed by atoms with Crippen LogP contribution in [0.5, 0.6) is 0 Å². The molecule has 9 nitrogen and oxygen atoms in total.